The molecule has 1 atom stereocenters. The van der Waals surface area contributed by atoms with Crippen molar-refractivity contribution in [2.75, 3.05) is 18.4 Å². The summed E-state index contributed by atoms with van der Waals surface area (Å²) in [6.45, 7) is 10.3. The highest BCUT2D eigenvalue weighted by Gasteiger charge is 2.27. The largest absolute Gasteiger partial charge is 0.353 e. The van der Waals surface area contributed by atoms with Crippen LogP contribution in [-0.4, -0.2) is 39.6 Å². The van der Waals surface area contributed by atoms with E-state index < -0.39 is 0 Å². The van der Waals surface area contributed by atoms with Crippen LogP contribution in [0.1, 0.15) is 38.8 Å². The Kier molecular flexibility index (Phi) is 3.52. The Morgan fingerprint density at radius 2 is 2.16 bits per heavy atom. The third-order valence-electron chi connectivity index (χ3n) is 4.31. The monoisotopic (exact) mass is 262 g/mol. The molecule has 1 saturated heterocycles. The summed E-state index contributed by atoms with van der Waals surface area (Å²) in [5, 5.41) is 3.55. The van der Waals surface area contributed by atoms with Gasteiger partial charge in [-0.3, -0.25) is 0 Å². The van der Waals surface area contributed by atoms with E-state index in [1.54, 1.807) is 0 Å². The van der Waals surface area contributed by atoms with Crippen LogP contribution in [0.25, 0.3) is 0 Å². The normalized spacial score (nSPS) is 24.3. The molecule has 0 amide bonds. The van der Waals surface area contributed by atoms with Crippen molar-refractivity contribution in [1.82, 2.24) is 14.5 Å². The summed E-state index contributed by atoms with van der Waals surface area (Å²) >= 11 is 0. The van der Waals surface area contributed by atoms with Crippen LogP contribution in [0.15, 0.2) is 6.20 Å². The smallest absolute Gasteiger partial charge is 0.203 e. The molecule has 0 spiro atoms. The first-order valence-corrected chi connectivity index (χ1v) is 7.66. The Morgan fingerprint density at radius 1 is 1.37 bits per heavy atom. The second-order valence-electron chi connectivity index (χ2n) is 6.52. The van der Waals surface area contributed by atoms with Gasteiger partial charge in [-0.25, -0.2) is 4.98 Å². The molecule has 1 aromatic rings. The summed E-state index contributed by atoms with van der Waals surface area (Å²) in [4.78, 5) is 7.21. The standard InChI is InChI=1S/C15H26N4/c1-11(2)18-7-6-13(9-18)10-19-8-12(3)16-15(19)17-14-4-5-14/h8,11,13-14H,4-7,9-10H2,1-3H3,(H,16,17). The molecule has 2 heterocycles. The van der Waals surface area contributed by atoms with E-state index in [4.69, 9.17) is 0 Å². The van der Waals surface area contributed by atoms with Crippen molar-refractivity contribution >= 4 is 5.95 Å². The van der Waals surface area contributed by atoms with Crippen LogP contribution in [0.3, 0.4) is 0 Å². The Hall–Kier alpha value is -1.03. The van der Waals surface area contributed by atoms with Gasteiger partial charge in [0.1, 0.15) is 0 Å². The van der Waals surface area contributed by atoms with E-state index in [1.807, 2.05) is 0 Å². The Morgan fingerprint density at radius 3 is 2.79 bits per heavy atom. The van der Waals surface area contributed by atoms with Crippen LogP contribution in [-0.2, 0) is 6.54 Å². The summed E-state index contributed by atoms with van der Waals surface area (Å²) < 4.78 is 2.34. The number of aryl methyl sites for hydroxylation is 1. The van der Waals surface area contributed by atoms with E-state index >= 15 is 0 Å². The lowest BCUT2D eigenvalue weighted by atomic mass is 10.1. The van der Waals surface area contributed by atoms with Crippen molar-refractivity contribution < 1.29 is 0 Å². The third-order valence-corrected chi connectivity index (χ3v) is 4.31. The number of hydrogen-bond acceptors (Lipinski definition) is 3. The van der Waals surface area contributed by atoms with Gasteiger partial charge in [0.05, 0.1) is 5.69 Å². The lowest BCUT2D eigenvalue weighted by molar-refractivity contribution is 0.261. The zero-order valence-electron chi connectivity index (χ0n) is 12.4. The molecule has 0 bridgehead atoms. The Labute approximate surface area is 116 Å². The maximum absolute atomic E-state index is 4.63. The van der Waals surface area contributed by atoms with E-state index in [1.165, 1.54) is 32.4 Å². The summed E-state index contributed by atoms with van der Waals surface area (Å²) in [6.07, 6.45) is 6.12. The fourth-order valence-corrected chi connectivity index (χ4v) is 2.97. The molecule has 2 aliphatic rings. The molecule has 4 nitrogen and oxygen atoms in total. The molecule has 1 aliphatic heterocycles. The number of nitrogens with zero attached hydrogens (tertiary/aromatic N) is 3. The molecule has 1 aliphatic carbocycles. The van der Waals surface area contributed by atoms with E-state index in [9.17, 15) is 0 Å². The molecule has 0 radical (unpaired) electrons. The quantitative estimate of drug-likeness (QED) is 0.885. The highest BCUT2D eigenvalue weighted by Crippen LogP contribution is 2.26. The van der Waals surface area contributed by atoms with Gasteiger partial charge in [0.15, 0.2) is 0 Å². The molecule has 19 heavy (non-hydrogen) atoms. The third kappa shape index (κ3) is 3.11. The first-order chi connectivity index (χ1) is 9.11. The van der Waals surface area contributed by atoms with E-state index in [0.29, 0.717) is 12.1 Å². The molecule has 106 valence electrons. The zero-order chi connectivity index (χ0) is 13.4. The van der Waals surface area contributed by atoms with Gasteiger partial charge in [-0.1, -0.05) is 0 Å². The van der Waals surface area contributed by atoms with E-state index in [0.717, 1.165) is 24.1 Å². The lowest BCUT2D eigenvalue weighted by Gasteiger charge is -2.20. The predicted octanol–water partition coefficient (Wildman–Crippen LogP) is 2.50. The maximum atomic E-state index is 4.63. The first-order valence-electron chi connectivity index (χ1n) is 7.66. The average molecular weight is 262 g/mol. The van der Waals surface area contributed by atoms with Crippen LogP contribution in [0.4, 0.5) is 5.95 Å². The molecule has 3 rings (SSSR count). The number of aromatic nitrogens is 2. The number of hydrogen-bond donors (Lipinski definition) is 1. The molecule has 1 aromatic heterocycles. The average Bonchev–Trinajstić information content (AvgIpc) is 2.91. The van der Waals surface area contributed by atoms with Crippen molar-refractivity contribution in [3.63, 3.8) is 0 Å². The zero-order valence-corrected chi connectivity index (χ0v) is 12.4. The minimum absolute atomic E-state index is 0.677. The van der Waals surface area contributed by atoms with Gasteiger partial charge in [0.2, 0.25) is 5.95 Å². The second kappa shape index (κ2) is 5.16. The van der Waals surface area contributed by atoms with Gasteiger partial charge in [-0.15, -0.1) is 0 Å². The SMILES string of the molecule is Cc1cn(CC2CCN(C(C)C)C2)c(NC2CC2)n1. The van der Waals surface area contributed by atoms with Crippen molar-refractivity contribution in [2.45, 2.75) is 58.7 Å². The summed E-state index contributed by atoms with van der Waals surface area (Å²) in [5.74, 6) is 1.86. The van der Waals surface area contributed by atoms with E-state index in [-0.39, 0.29) is 0 Å². The highest BCUT2D eigenvalue weighted by molar-refractivity contribution is 5.32. The lowest BCUT2D eigenvalue weighted by Crippen LogP contribution is -2.28. The fraction of sp³-hybridized carbons (Fsp3) is 0.800. The van der Waals surface area contributed by atoms with Gasteiger partial charge in [0.25, 0.3) is 0 Å². The summed E-state index contributed by atoms with van der Waals surface area (Å²) in [5.41, 5.74) is 1.13. The van der Waals surface area contributed by atoms with Crippen LogP contribution in [0, 0.1) is 12.8 Å². The van der Waals surface area contributed by atoms with Crippen LogP contribution < -0.4 is 5.32 Å². The van der Waals surface area contributed by atoms with Gasteiger partial charge in [0, 0.05) is 31.4 Å². The van der Waals surface area contributed by atoms with Crippen molar-refractivity contribution in [2.24, 2.45) is 5.92 Å². The van der Waals surface area contributed by atoms with Crippen molar-refractivity contribution in [3.8, 4) is 0 Å². The summed E-state index contributed by atoms with van der Waals surface area (Å²) in [7, 11) is 0. The predicted molar refractivity (Wildman–Crippen MR) is 78.4 cm³/mol. The molecular weight excluding hydrogens is 236 g/mol. The fourth-order valence-electron chi connectivity index (χ4n) is 2.97. The molecule has 4 heteroatoms. The number of rotatable bonds is 5. The van der Waals surface area contributed by atoms with Gasteiger partial charge >= 0.3 is 0 Å². The second-order valence-corrected chi connectivity index (χ2v) is 6.52. The Balaban J connectivity index is 1.62. The maximum Gasteiger partial charge on any atom is 0.203 e. The van der Waals surface area contributed by atoms with Crippen LogP contribution in [0.5, 0.6) is 0 Å². The number of nitrogens with one attached hydrogen (secondary N) is 1. The number of anilines is 1. The molecule has 2 fully saturated rings. The van der Waals surface area contributed by atoms with E-state index in [2.05, 4.69) is 46.7 Å². The van der Waals surface area contributed by atoms with Gasteiger partial charge < -0.3 is 14.8 Å². The number of likely N-dealkylation sites (tertiary alicyclic amines) is 1. The Bertz CT molecular complexity index is 433. The van der Waals surface area contributed by atoms with Crippen LogP contribution >= 0.6 is 0 Å². The molecule has 1 saturated carbocycles. The topological polar surface area (TPSA) is 33.1 Å². The minimum Gasteiger partial charge on any atom is -0.353 e. The van der Waals surface area contributed by atoms with Crippen molar-refractivity contribution in [1.29, 1.82) is 0 Å². The molecule has 1 unspecified atom stereocenters. The first kappa shape index (κ1) is 13.0. The van der Waals surface area contributed by atoms with Gasteiger partial charge in [-0.05, 0) is 52.5 Å². The number of imidazole rings is 1. The van der Waals surface area contributed by atoms with Crippen LogP contribution in [0.2, 0.25) is 0 Å². The molecular formula is C15H26N4. The summed E-state index contributed by atoms with van der Waals surface area (Å²) in [6, 6.07) is 1.36. The van der Waals surface area contributed by atoms with Gasteiger partial charge in [-0.2, -0.15) is 0 Å². The molecule has 1 N–H and O–H groups in total. The molecule has 0 aromatic carbocycles. The highest BCUT2D eigenvalue weighted by atomic mass is 15.2. The minimum atomic E-state index is 0.677. The van der Waals surface area contributed by atoms with Crippen molar-refractivity contribution in [3.05, 3.63) is 11.9 Å².